The Bertz CT molecular complexity index is 645. The molecule has 0 aliphatic carbocycles. The van der Waals surface area contributed by atoms with Gasteiger partial charge in [-0.05, 0) is 73.6 Å². The molecule has 0 amide bonds. The molecular formula is C24H43N2O2PS2. The van der Waals surface area contributed by atoms with Crippen molar-refractivity contribution in [2.45, 2.75) is 117 Å². The van der Waals surface area contributed by atoms with Crippen molar-refractivity contribution in [1.29, 1.82) is 5.26 Å². The predicted octanol–water partition coefficient (Wildman–Crippen LogP) is 7.66. The molecule has 1 saturated heterocycles. The summed E-state index contributed by atoms with van der Waals surface area (Å²) >= 11 is 0. The Labute approximate surface area is 201 Å². The fraction of sp³-hybridized carbons (Fsp3) is 0.875. The standard InChI is InChI=1S/C24H43N2O2PS2/c1-12-22(6,7)17-23(8,9)16-20-21(24(10,11)31-30-20)28-29(27-15-13-14-25)26(18(2)3)19(4)5/h1,18-21H,13,15-17H2,2-11H3. The van der Waals surface area contributed by atoms with Gasteiger partial charge in [-0.15, -0.1) is 12.3 Å². The highest BCUT2D eigenvalue weighted by Gasteiger charge is 2.49. The molecule has 0 aromatic rings. The van der Waals surface area contributed by atoms with E-state index in [4.69, 9.17) is 20.7 Å². The maximum absolute atomic E-state index is 8.99. The molecule has 1 heterocycles. The summed E-state index contributed by atoms with van der Waals surface area (Å²) in [5.41, 5.74) is -0.0127. The number of hydrogen-bond acceptors (Lipinski definition) is 6. The van der Waals surface area contributed by atoms with Gasteiger partial charge in [0.2, 0.25) is 0 Å². The molecule has 3 atom stereocenters. The van der Waals surface area contributed by atoms with Gasteiger partial charge in [-0.1, -0.05) is 35.4 Å². The Morgan fingerprint density at radius 3 is 2.23 bits per heavy atom. The van der Waals surface area contributed by atoms with Gasteiger partial charge in [0, 0.05) is 27.5 Å². The first kappa shape index (κ1) is 29.1. The lowest BCUT2D eigenvalue weighted by Gasteiger charge is -2.41. The molecule has 0 aromatic heterocycles. The Hall–Kier alpha value is 0.0600. The number of terminal acetylenes is 1. The molecule has 3 unspecified atom stereocenters. The molecule has 1 aliphatic heterocycles. The summed E-state index contributed by atoms with van der Waals surface area (Å²) in [5.74, 6) is 2.96. The van der Waals surface area contributed by atoms with Crippen LogP contribution in [0.3, 0.4) is 0 Å². The molecule has 1 fully saturated rings. The lowest BCUT2D eigenvalue weighted by molar-refractivity contribution is 0.100. The van der Waals surface area contributed by atoms with Gasteiger partial charge in [0.1, 0.15) is 0 Å². The van der Waals surface area contributed by atoms with Crippen LogP contribution in [0.5, 0.6) is 0 Å². The average molecular weight is 487 g/mol. The smallest absolute Gasteiger partial charge is 0.259 e. The second-order valence-electron chi connectivity index (χ2n) is 11.0. The van der Waals surface area contributed by atoms with E-state index in [1.165, 1.54) is 0 Å². The number of rotatable bonds is 12. The van der Waals surface area contributed by atoms with E-state index in [9.17, 15) is 0 Å². The van der Waals surface area contributed by atoms with Crippen molar-refractivity contribution in [1.82, 2.24) is 4.67 Å². The fourth-order valence-corrected chi connectivity index (χ4v) is 10.1. The molecule has 0 N–H and O–H groups in total. The van der Waals surface area contributed by atoms with Gasteiger partial charge in [0.05, 0.1) is 25.2 Å². The van der Waals surface area contributed by atoms with Crippen LogP contribution in [0.25, 0.3) is 0 Å². The Morgan fingerprint density at radius 2 is 1.74 bits per heavy atom. The molecule has 0 radical (unpaired) electrons. The molecule has 4 nitrogen and oxygen atoms in total. The first-order chi connectivity index (χ1) is 14.2. The lowest BCUT2D eigenvalue weighted by Crippen LogP contribution is -2.42. The minimum atomic E-state index is -1.26. The van der Waals surface area contributed by atoms with Gasteiger partial charge in [0.15, 0.2) is 0 Å². The van der Waals surface area contributed by atoms with Crippen LogP contribution in [-0.2, 0) is 9.05 Å². The molecule has 0 saturated carbocycles. The van der Waals surface area contributed by atoms with Crippen LogP contribution in [0.4, 0.5) is 0 Å². The third-order valence-electron chi connectivity index (χ3n) is 5.34. The highest BCUT2D eigenvalue weighted by molar-refractivity contribution is 8.77. The van der Waals surface area contributed by atoms with Crippen LogP contribution < -0.4 is 0 Å². The highest BCUT2D eigenvalue weighted by atomic mass is 33.1. The molecular weight excluding hydrogens is 443 g/mol. The minimum Gasteiger partial charge on any atom is -0.321 e. The zero-order valence-corrected chi connectivity index (χ0v) is 23.7. The Morgan fingerprint density at radius 1 is 1.16 bits per heavy atom. The summed E-state index contributed by atoms with van der Waals surface area (Å²) in [6.45, 7) is 22.6. The number of hydrogen-bond donors (Lipinski definition) is 0. The monoisotopic (exact) mass is 486 g/mol. The molecule has 0 bridgehead atoms. The molecule has 0 aromatic carbocycles. The first-order valence-electron chi connectivity index (χ1n) is 11.2. The zero-order valence-electron chi connectivity index (χ0n) is 21.2. The van der Waals surface area contributed by atoms with E-state index < -0.39 is 8.53 Å². The van der Waals surface area contributed by atoms with Gasteiger partial charge < -0.3 is 9.05 Å². The third kappa shape index (κ3) is 9.08. The van der Waals surface area contributed by atoms with Crippen molar-refractivity contribution < 1.29 is 9.05 Å². The van der Waals surface area contributed by atoms with Gasteiger partial charge in [-0.2, -0.15) is 5.26 Å². The summed E-state index contributed by atoms with van der Waals surface area (Å²) < 4.78 is 15.3. The highest BCUT2D eigenvalue weighted by Crippen LogP contribution is 2.60. The molecule has 1 aliphatic rings. The van der Waals surface area contributed by atoms with Crippen LogP contribution in [-0.4, -0.2) is 39.5 Å². The largest absolute Gasteiger partial charge is 0.321 e. The van der Waals surface area contributed by atoms with Crippen molar-refractivity contribution >= 4 is 30.1 Å². The van der Waals surface area contributed by atoms with E-state index in [0.717, 1.165) is 12.8 Å². The van der Waals surface area contributed by atoms with Crippen LogP contribution in [0.15, 0.2) is 0 Å². The third-order valence-corrected chi connectivity index (χ3v) is 11.2. The van der Waals surface area contributed by atoms with E-state index in [-0.39, 0.29) is 21.7 Å². The average Bonchev–Trinajstić information content (AvgIpc) is 2.87. The second-order valence-corrected chi connectivity index (χ2v) is 15.5. The SMILES string of the molecule is C#CC(C)(C)CC(C)(C)CC1SSC(C)(C)C1OP(OCCC#N)N(C(C)C)C(C)C. The van der Waals surface area contributed by atoms with Crippen LogP contribution in [0, 0.1) is 34.5 Å². The zero-order chi connectivity index (χ0) is 24.0. The van der Waals surface area contributed by atoms with E-state index in [1.807, 2.05) is 21.6 Å². The minimum absolute atomic E-state index is 0.0220. The molecule has 31 heavy (non-hydrogen) atoms. The first-order valence-corrected chi connectivity index (χ1v) is 14.6. The lowest BCUT2D eigenvalue weighted by atomic mass is 9.72. The predicted molar refractivity (Wildman–Crippen MR) is 139 cm³/mol. The summed E-state index contributed by atoms with van der Waals surface area (Å²) in [6.07, 6.45) is 8.23. The number of nitrogens with zero attached hydrogens (tertiary/aromatic N) is 2. The van der Waals surface area contributed by atoms with E-state index in [1.54, 1.807) is 0 Å². The maximum Gasteiger partial charge on any atom is 0.259 e. The van der Waals surface area contributed by atoms with Crippen molar-refractivity contribution in [2.24, 2.45) is 10.8 Å². The van der Waals surface area contributed by atoms with E-state index >= 15 is 0 Å². The van der Waals surface area contributed by atoms with Gasteiger partial charge in [0.25, 0.3) is 8.53 Å². The van der Waals surface area contributed by atoms with Gasteiger partial charge >= 0.3 is 0 Å². The molecule has 1 rings (SSSR count). The Balaban J connectivity index is 3.10. The summed E-state index contributed by atoms with van der Waals surface area (Å²) in [6, 6.07) is 2.78. The maximum atomic E-state index is 8.99. The van der Waals surface area contributed by atoms with Crippen molar-refractivity contribution in [3.8, 4) is 18.4 Å². The van der Waals surface area contributed by atoms with E-state index in [0.29, 0.717) is 30.4 Å². The topological polar surface area (TPSA) is 45.5 Å². The second kappa shape index (κ2) is 12.0. The quantitative estimate of drug-likeness (QED) is 0.122. The summed E-state index contributed by atoms with van der Waals surface area (Å²) in [4.78, 5) is 0. The van der Waals surface area contributed by atoms with Crippen LogP contribution in [0.1, 0.15) is 88.5 Å². The van der Waals surface area contributed by atoms with Crippen molar-refractivity contribution in [2.75, 3.05) is 6.61 Å². The van der Waals surface area contributed by atoms with Crippen LogP contribution >= 0.6 is 30.1 Å². The molecule has 7 heteroatoms. The van der Waals surface area contributed by atoms with Crippen LogP contribution in [0.2, 0.25) is 0 Å². The van der Waals surface area contributed by atoms with Gasteiger partial charge in [-0.25, -0.2) is 4.67 Å². The Kier molecular flexibility index (Phi) is 11.2. The van der Waals surface area contributed by atoms with Crippen molar-refractivity contribution in [3.63, 3.8) is 0 Å². The normalized spacial score (nSPS) is 22.7. The summed E-state index contributed by atoms with van der Waals surface area (Å²) in [5, 5.41) is 9.34. The fourth-order valence-electron chi connectivity index (χ4n) is 4.32. The number of nitriles is 1. The summed E-state index contributed by atoms with van der Waals surface area (Å²) in [7, 11) is 2.60. The van der Waals surface area contributed by atoms with Crippen molar-refractivity contribution in [3.05, 3.63) is 0 Å². The molecule has 178 valence electrons. The van der Waals surface area contributed by atoms with Gasteiger partial charge in [-0.3, -0.25) is 0 Å². The van der Waals surface area contributed by atoms with E-state index in [2.05, 4.69) is 85.9 Å². The molecule has 0 spiro atoms.